The summed E-state index contributed by atoms with van der Waals surface area (Å²) in [7, 11) is 0. The lowest BCUT2D eigenvalue weighted by Crippen LogP contribution is -2.46. The zero-order valence-electron chi connectivity index (χ0n) is 14.9. The lowest BCUT2D eigenvalue weighted by molar-refractivity contribution is -0.143. The van der Waals surface area contributed by atoms with E-state index in [1.165, 1.54) is 12.1 Å². The van der Waals surface area contributed by atoms with Gasteiger partial charge in [-0.3, -0.25) is 9.59 Å². The summed E-state index contributed by atoms with van der Waals surface area (Å²) >= 11 is 0. The maximum atomic E-state index is 13.0. The van der Waals surface area contributed by atoms with Gasteiger partial charge in [-0.15, -0.1) is 0 Å². The van der Waals surface area contributed by atoms with E-state index in [-0.39, 0.29) is 30.2 Å². The zero-order chi connectivity index (χ0) is 22.7. The van der Waals surface area contributed by atoms with E-state index in [9.17, 15) is 35.9 Å². The van der Waals surface area contributed by atoms with Gasteiger partial charge in [-0.25, -0.2) is 0 Å². The van der Waals surface area contributed by atoms with E-state index >= 15 is 0 Å². The third-order valence-corrected chi connectivity index (χ3v) is 4.06. The summed E-state index contributed by atoms with van der Waals surface area (Å²) in [5.74, 6) is -2.44. The molecule has 0 saturated carbocycles. The standard InChI is InChI=1S/C19H13F6N3O2/c20-18(21,22)13-5-12(6-14(8-13)19(23,24)25)17(30)28-15(16(27)29)7-10-3-1-2-4-11(10)9-26/h1-6,8,15H,7H2,(H2,27,29)(H,28,30)/t15-/m0/s1. The summed E-state index contributed by atoms with van der Waals surface area (Å²) in [6.07, 6.45) is -10.5. The van der Waals surface area contributed by atoms with Gasteiger partial charge in [0.15, 0.2) is 0 Å². The van der Waals surface area contributed by atoms with Crippen molar-refractivity contribution in [2.75, 3.05) is 0 Å². The van der Waals surface area contributed by atoms with Gasteiger partial charge in [-0.1, -0.05) is 18.2 Å². The molecule has 0 saturated heterocycles. The summed E-state index contributed by atoms with van der Waals surface area (Å²) in [4.78, 5) is 24.0. The van der Waals surface area contributed by atoms with Crippen molar-refractivity contribution in [3.63, 3.8) is 0 Å². The number of primary amides is 1. The minimum Gasteiger partial charge on any atom is -0.368 e. The van der Waals surface area contributed by atoms with Gasteiger partial charge in [-0.2, -0.15) is 31.6 Å². The highest BCUT2D eigenvalue weighted by molar-refractivity contribution is 5.97. The van der Waals surface area contributed by atoms with E-state index in [0.29, 0.717) is 5.56 Å². The van der Waals surface area contributed by atoms with Gasteiger partial charge in [0.2, 0.25) is 5.91 Å². The molecule has 2 rings (SSSR count). The molecule has 1 atom stereocenters. The van der Waals surface area contributed by atoms with Crippen molar-refractivity contribution in [1.82, 2.24) is 5.32 Å². The Morgan fingerprint density at radius 2 is 1.53 bits per heavy atom. The molecular formula is C19H13F6N3O2. The predicted octanol–water partition coefficient (Wildman–Crippen LogP) is 3.42. The Morgan fingerprint density at radius 1 is 1.00 bits per heavy atom. The average molecular weight is 429 g/mol. The number of carbonyl (C=O) groups is 2. The van der Waals surface area contributed by atoms with Gasteiger partial charge < -0.3 is 11.1 Å². The van der Waals surface area contributed by atoms with Gasteiger partial charge in [-0.05, 0) is 29.8 Å². The molecule has 11 heteroatoms. The minimum atomic E-state index is -5.13. The van der Waals surface area contributed by atoms with Gasteiger partial charge >= 0.3 is 12.4 Å². The van der Waals surface area contributed by atoms with Crippen LogP contribution in [0.4, 0.5) is 26.3 Å². The number of benzene rings is 2. The first-order chi connectivity index (χ1) is 13.8. The molecule has 2 amide bonds. The number of nitrogens with one attached hydrogen (secondary N) is 1. The average Bonchev–Trinajstić information content (AvgIpc) is 2.65. The first-order valence-electron chi connectivity index (χ1n) is 8.20. The molecule has 0 radical (unpaired) electrons. The second-order valence-corrected chi connectivity index (χ2v) is 6.20. The third-order valence-electron chi connectivity index (χ3n) is 4.06. The SMILES string of the molecule is N#Cc1ccccc1C[C@H](NC(=O)c1cc(C(F)(F)F)cc(C(F)(F)F)c1)C(N)=O. The fourth-order valence-corrected chi connectivity index (χ4v) is 2.58. The van der Waals surface area contributed by atoms with Crippen LogP contribution in [0.5, 0.6) is 0 Å². The monoisotopic (exact) mass is 429 g/mol. The molecule has 0 aliphatic carbocycles. The van der Waals surface area contributed by atoms with Crippen LogP contribution in [0.3, 0.4) is 0 Å². The van der Waals surface area contributed by atoms with E-state index in [4.69, 9.17) is 11.0 Å². The number of nitrogens with zero attached hydrogens (tertiary/aromatic N) is 1. The van der Waals surface area contributed by atoms with Crippen molar-refractivity contribution in [2.45, 2.75) is 24.8 Å². The van der Waals surface area contributed by atoms with Crippen LogP contribution >= 0.6 is 0 Å². The van der Waals surface area contributed by atoms with Gasteiger partial charge in [0.05, 0.1) is 22.8 Å². The number of alkyl halides is 6. The Hall–Kier alpha value is -3.55. The van der Waals surface area contributed by atoms with E-state index < -0.39 is 46.9 Å². The second kappa shape index (κ2) is 8.44. The Bertz CT molecular complexity index is 976. The Labute approximate surface area is 166 Å². The predicted molar refractivity (Wildman–Crippen MR) is 91.8 cm³/mol. The number of amides is 2. The molecule has 158 valence electrons. The normalized spacial score (nSPS) is 12.7. The van der Waals surface area contributed by atoms with Crippen molar-refractivity contribution in [2.24, 2.45) is 5.73 Å². The van der Waals surface area contributed by atoms with Crippen LogP contribution < -0.4 is 11.1 Å². The fraction of sp³-hybridized carbons (Fsp3) is 0.211. The lowest BCUT2D eigenvalue weighted by Gasteiger charge is -2.18. The minimum absolute atomic E-state index is 0.120. The summed E-state index contributed by atoms with van der Waals surface area (Å²) in [6, 6.07) is 6.72. The molecule has 0 unspecified atom stereocenters. The van der Waals surface area contributed by atoms with Crippen LogP contribution in [-0.2, 0) is 23.6 Å². The highest BCUT2D eigenvalue weighted by Crippen LogP contribution is 2.36. The van der Waals surface area contributed by atoms with E-state index in [2.05, 4.69) is 0 Å². The fourth-order valence-electron chi connectivity index (χ4n) is 2.58. The van der Waals surface area contributed by atoms with Gasteiger partial charge in [0, 0.05) is 12.0 Å². The quantitative estimate of drug-likeness (QED) is 0.713. The number of hydrogen-bond donors (Lipinski definition) is 2. The molecule has 3 N–H and O–H groups in total. The summed E-state index contributed by atoms with van der Waals surface area (Å²) in [5, 5.41) is 11.1. The van der Waals surface area contributed by atoms with E-state index in [1.54, 1.807) is 12.1 Å². The molecule has 0 heterocycles. The molecule has 2 aromatic rings. The number of hydrogen-bond acceptors (Lipinski definition) is 3. The highest BCUT2D eigenvalue weighted by Gasteiger charge is 2.37. The molecule has 0 spiro atoms. The van der Waals surface area contributed by atoms with Crippen LogP contribution in [0.15, 0.2) is 42.5 Å². The van der Waals surface area contributed by atoms with Gasteiger partial charge in [0.1, 0.15) is 6.04 Å². The Morgan fingerprint density at radius 3 is 2.00 bits per heavy atom. The molecule has 0 bridgehead atoms. The van der Waals surface area contributed by atoms with Crippen molar-refractivity contribution in [1.29, 1.82) is 5.26 Å². The van der Waals surface area contributed by atoms with Crippen LogP contribution in [0.1, 0.15) is 32.6 Å². The Kier molecular flexibility index (Phi) is 6.40. The third kappa shape index (κ3) is 5.50. The Balaban J connectivity index is 2.38. The summed E-state index contributed by atoms with van der Waals surface area (Å²) in [5.41, 5.74) is 1.38. The number of halogens is 6. The van der Waals surface area contributed by atoms with Crippen molar-refractivity contribution in [3.05, 3.63) is 70.3 Å². The highest BCUT2D eigenvalue weighted by atomic mass is 19.4. The van der Waals surface area contributed by atoms with E-state index in [1.807, 2.05) is 11.4 Å². The van der Waals surface area contributed by atoms with Crippen LogP contribution in [0, 0.1) is 11.3 Å². The molecule has 0 aliphatic heterocycles. The first-order valence-corrected chi connectivity index (χ1v) is 8.20. The number of rotatable bonds is 5. The maximum Gasteiger partial charge on any atom is 0.416 e. The first kappa shape index (κ1) is 22.7. The van der Waals surface area contributed by atoms with Gasteiger partial charge in [0.25, 0.3) is 5.91 Å². The maximum absolute atomic E-state index is 13.0. The number of carbonyl (C=O) groups excluding carboxylic acids is 2. The zero-order valence-corrected chi connectivity index (χ0v) is 14.9. The molecule has 0 aliphatic rings. The van der Waals surface area contributed by atoms with Crippen LogP contribution in [0.2, 0.25) is 0 Å². The molecule has 0 aromatic heterocycles. The van der Waals surface area contributed by atoms with E-state index in [0.717, 1.165) is 0 Å². The van der Waals surface area contributed by atoms with Crippen molar-refractivity contribution in [3.8, 4) is 6.07 Å². The van der Waals surface area contributed by atoms with Crippen LogP contribution in [0.25, 0.3) is 0 Å². The number of nitrogens with two attached hydrogens (primary N) is 1. The summed E-state index contributed by atoms with van der Waals surface area (Å²) in [6.45, 7) is 0. The molecule has 2 aromatic carbocycles. The molecule has 5 nitrogen and oxygen atoms in total. The smallest absolute Gasteiger partial charge is 0.368 e. The van der Waals surface area contributed by atoms with Crippen molar-refractivity contribution < 1.29 is 35.9 Å². The largest absolute Gasteiger partial charge is 0.416 e. The molecule has 0 fully saturated rings. The number of nitriles is 1. The van der Waals surface area contributed by atoms with Crippen LogP contribution in [-0.4, -0.2) is 17.9 Å². The second-order valence-electron chi connectivity index (χ2n) is 6.20. The summed E-state index contributed by atoms with van der Waals surface area (Å²) < 4.78 is 77.7. The van der Waals surface area contributed by atoms with Crippen molar-refractivity contribution >= 4 is 11.8 Å². The molecule has 30 heavy (non-hydrogen) atoms. The molecular weight excluding hydrogens is 416 g/mol. The topological polar surface area (TPSA) is 96.0 Å². The lowest BCUT2D eigenvalue weighted by atomic mass is 9.99.